The number of hydrogen-bond donors (Lipinski definition) is 1. The molecule has 14 aromatic carbocycles. The van der Waals surface area contributed by atoms with Gasteiger partial charge in [-0.15, -0.1) is 0 Å². The first kappa shape index (κ1) is 61.3. The summed E-state index contributed by atoms with van der Waals surface area (Å²) in [5.74, 6) is 0. The number of nitrogen functional groups attached to an aromatic ring is 1. The second-order valence-electron chi connectivity index (χ2n) is 27.1. The van der Waals surface area contributed by atoms with Crippen LogP contribution in [0.25, 0.3) is 100 Å². The number of halogens is 1. The first-order valence-corrected chi connectivity index (χ1v) is 34.1. The highest BCUT2D eigenvalue weighted by molar-refractivity contribution is 9.10. The molecule has 0 atom stereocenters. The van der Waals surface area contributed by atoms with Gasteiger partial charge in [0.1, 0.15) is 0 Å². The zero-order valence-electron chi connectivity index (χ0n) is 55.2. The van der Waals surface area contributed by atoms with Gasteiger partial charge in [-0.1, -0.05) is 330 Å². The molecule has 3 aliphatic carbocycles. The van der Waals surface area contributed by atoms with Gasteiger partial charge in [0.05, 0.1) is 5.69 Å². The monoisotopic (exact) mass is 1300 g/mol. The summed E-state index contributed by atoms with van der Waals surface area (Å²) in [6.07, 6.45) is 0. The second kappa shape index (κ2) is 25.1. The van der Waals surface area contributed by atoms with Gasteiger partial charge in [-0.2, -0.15) is 0 Å². The molecule has 0 unspecified atom stereocenters. The van der Waals surface area contributed by atoms with Crippen LogP contribution in [0.15, 0.2) is 338 Å². The summed E-state index contributed by atoms with van der Waals surface area (Å²) in [7, 11) is 0. The lowest BCUT2D eigenvalue weighted by Crippen LogP contribution is -2.18. The van der Waals surface area contributed by atoms with E-state index >= 15 is 0 Å². The summed E-state index contributed by atoms with van der Waals surface area (Å²) in [5, 5.41) is 0. The highest BCUT2D eigenvalue weighted by Gasteiger charge is 2.39. The van der Waals surface area contributed by atoms with E-state index in [9.17, 15) is 0 Å². The molecule has 96 heavy (non-hydrogen) atoms. The van der Waals surface area contributed by atoms with E-state index in [1.165, 1.54) is 122 Å². The topological polar surface area (TPSA) is 29.3 Å². The van der Waals surface area contributed by atoms with Crippen LogP contribution in [0.2, 0.25) is 0 Å². The molecule has 0 heterocycles. The van der Waals surface area contributed by atoms with E-state index < -0.39 is 0 Å². The van der Waals surface area contributed by atoms with Crippen molar-refractivity contribution in [1.29, 1.82) is 0 Å². The third-order valence-electron chi connectivity index (χ3n) is 20.3. The number of nitrogens with zero attached hydrogens (tertiary/aromatic N) is 1. The molecule has 0 saturated carbocycles. The van der Waals surface area contributed by atoms with Gasteiger partial charge < -0.3 is 10.6 Å². The third kappa shape index (κ3) is 11.3. The Kier molecular flexibility index (Phi) is 16.1. The van der Waals surface area contributed by atoms with Gasteiger partial charge in [0.15, 0.2) is 0 Å². The minimum Gasteiger partial charge on any atom is -0.398 e. The number of rotatable bonds is 9. The predicted octanol–water partition coefficient (Wildman–Crippen LogP) is 25.8. The first-order valence-electron chi connectivity index (χ1n) is 33.4. The molecule has 0 bridgehead atoms. The average molecular weight is 1300 g/mol. The molecule has 2 N–H and O–H groups in total. The fraction of sp³-hybridized carbons (Fsp3) is 0.0968. The molecule has 0 amide bonds. The normalized spacial score (nSPS) is 13.4. The van der Waals surface area contributed by atoms with Crippen LogP contribution in [-0.2, 0) is 16.2 Å². The smallest absolute Gasteiger partial charge is 0.0540 e. The summed E-state index contributed by atoms with van der Waals surface area (Å²) in [4.78, 5) is 2.50. The maximum Gasteiger partial charge on any atom is 0.0540 e. The minimum atomic E-state index is -0.118. The maximum atomic E-state index is 6.20. The highest BCUT2D eigenvalue weighted by atomic mass is 79.9. The van der Waals surface area contributed by atoms with Crippen LogP contribution in [0.5, 0.6) is 0 Å². The summed E-state index contributed by atoms with van der Waals surface area (Å²) in [6, 6.07) is 120. The zero-order chi connectivity index (χ0) is 65.7. The Balaban J connectivity index is 0.000000150. The van der Waals surface area contributed by atoms with Gasteiger partial charge in [-0.25, -0.2) is 0 Å². The van der Waals surface area contributed by atoms with E-state index in [1.807, 2.05) is 30.3 Å². The minimum absolute atomic E-state index is 0.118. The van der Waals surface area contributed by atoms with Crippen LogP contribution in [0.1, 0.15) is 74.9 Å². The van der Waals surface area contributed by atoms with Gasteiger partial charge in [0.25, 0.3) is 0 Å². The Hall–Kier alpha value is -10.8. The highest BCUT2D eigenvalue weighted by Crippen LogP contribution is 2.55. The van der Waals surface area contributed by atoms with Crippen LogP contribution in [0.3, 0.4) is 0 Å². The molecule has 0 aromatic heterocycles. The summed E-state index contributed by atoms with van der Waals surface area (Å²) in [6.45, 7) is 14.1. The van der Waals surface area contributed by atoms with Crippen molar-refractivity contribution in [3.8, 4) is 100 Å². The van der Waals surface area contributed by atoms with Gasteiger partial charge >= 0.3 is 0 Å². The molecule has 0 radical (unpaired) electrons. The fourth-order valence-electron chi connectivity index (χ4n) is 15.1. The Morgan fingerprint density at radius 3 is 0.938 bits per heavy atom. The number of hydrogen-bond acceptors (Lipinski definition) is 2. The van der Waals surface area contributed by atoms with Gasteiger partial charge in [-0.3, -0.25) is 0 Å². The molecule has 0 aliphatic heterocycles. The molecule has 3 heteroatoms. The molecule has 14 aromatic rings. The van der Waals surface area contributed by atoms with E-state index in [1.54, 1.807) is 0 Å². The van der Waals surface area contributed by atoms with Crippen LogP contribution >= 0.6 is 15.9 Å². The van der Waals surface area contributed by atoms with Crippen molar-refractivity contribution >= 4 is 38.7 Å². The zero-order valence-corrected chi connectivity index (χ0v) is 56.7. The largest absolute Gasteiger partial charge is 0.398 e. The van der Waals surface area contributed by atoms with Crippen molar-refractivity contribution in [1.82, 2.24) is 0 Å². The molecule has 0 saturated heterocycles. The average Bonchev–Trinajstić information content (AvgIpc) is 1.56. The number of nitrogens with two attached hydrogens (primary N) is 1. The van der Waals surface area contributed by atoms with E-state index in [0.29, 0.717) is 0 Å². The van der Waals surface area contributed by atoms with Crippen molar-refractivity contribution in [2.75, 3.05) is 10.6 Å². The van der Waals surface area contributed by atoms with Gasteiger partial charge in [0, 0.05) is 48.9 Å². The lowest BCUT2D eigenvalue weighted by molar-refractivity contribution is 0.660. The Bertz CT molecular complexity index is 5080. The Morgan fingerprint density at radius 1 is 0.229 bits per heavy atom. The number of benzene rings is 14. The van der Waals surface area contributed by atoms with E-state index in [-0.39, 0.29) is 16.2 Å². The third-order valence-corrected chi connectivity index (χ3v) is 20.8. The van der Waals surface area contributed by atoms with E-state index in [4.69, 9.17) is 5.73 Å². The number of anilines is 4. The molecule has 0 spiro atoms. The van der Waals surface area contributed by atoms with E-state index in [0.717, 1.165) is 38.3 Å². The molecule has 0 fully saturated rings. The van der Waals surface area contributed by atoms with Crippen molar-refractivity contribution < 1.29 is 0 Å². The standard InChI is InChI=1S/C54H43N.C24H19N.C15H13Br/c1-53(2)48-21-13-11-19-43(48)45-30-28-41(34-50(45)53)55(42-29-31-46-44-20-12-14-22-49(44)54(3,4)51(46)35-42)52-32-27-40(33-47(52)39-17-9-6-10-18-39)38-25-23-37(24-26-38)36-15-7-5-8-16-36;25-24-16-15-22(17-23(24)21-9-5-2-6-10-21)20-13-11-19(12-14-20)18-7-3-1-4-8-18;1-15(2)13-6-4-3-5-11(13)12-8-7-10(16)9-14(12)15/h5-35H,1-4H3;1-17H,25H2;3-9H,1-2H3. The molecular formula is C93H75BrN2. The lowest BCUT2D eigenvalue weighted by Gasteiger charge is -2.31. The van der Waals surface area contributed by atoms with Gasteiger partial charge in [0.2, 0.25) is 0 Å². The molecule has 3 aliphatic rings. The van der Waals surface area contributed by atoms with Crippen LogP contribution in [0, 0.1) is 0 Å². The molecule has 464 valence electrons. The fourth-order valence-corrected chi connectivity index (χ4v) is 15.5. The second-order valence-corrected chi connectivity index (χ2v) is 28.1. The van der Waals surface area contributed by atoms with Crippen molar-refractivity contribution in [2.24, 2.45) is 0 Å². The van der Waals surface area contributed by atoms with Crippen LogP contribution in [-0.4, -0.2) is 0 Å². The SMILES string of the molecule is CC1(C)c2ccccc2-c2ccc(Br)cc21.CC1(C)c2ccccc2-c2ccc(N(c3ccc4c(c3)C(C)(C)c3ccccc3-4)c3ccc(-c4ccc(-c5ccccc5)cc4)cc3-c3ccccc3)cc21.Nc1ccc(-c2ccc(-c3ccccc3)cc2)cc1-c1ccccc1. The summed E-state index contributed by atoms with van der Waals surface area (Å²) >= 11 is 3.56. The Labute approximate surface area is 574 Å². The van der Waals surface area contributed by atoms with Crippen molar-refractivity contribution in [2.45, 2.75) is 57.8 Å². The van der Waals surface area contributed by atoms with Gasteiger partial charge in [-0.05, 0) is 183 Å². The molecule has 2 nitrogen and oxygen atoms in total. The maximum absolute atomic E-state index is 6.20. The summed E-state index contributed by atoms with van der Waals surface area (Å²) in [5.41, 5.74) is 41.1. The quantitative estimate of drug-likeness (QED) is 0.146. The first-order chi connectivity index (χ1) is 46.7. The summed E-state index contributed by atoms with van der Waals surface area (Å²) < 4.78 is 1.16. The Morgan fingerprint density at radius 2 is 0.521 bits per heavy atom. The lowest BCUT2D eigenvalue weighted by atomic mass is 9.82. The number of fused-ring (bicyclic) bond motifs is 9. The molecular weight excluding hydrogens is 1220 g/mol. The van der Waals surface area contributed by atoms with Crippen LogP contribution in [0.4, 0.5) is 22.7 Å². The van der Waals surface area contributed by atoms with Crippen molar-refractivity contribution in [3.05, 3.63) is 372 Å². The van der Waals surface area contributed by atoms with E-state index in [2.05, 4.69) is 366 Å². The predicted molar refractivity (Wildman–Crippen MR) is 411 cm³/mol. The van der Waals surface area contributed by atoms with Crippen molar-refractivity contribution in [3.63, 3.8) is 0 Å². The van der Waals surface area contributed by atoms with Crippen LogP contribution < -0.4 is 10.6 Å². The molecule has 17 rings (SSSR count).